The van der Waals surface area contributed by atoms with Gasteiger partial charge in [0.25, 0.3) is 0 Å². The third-order valence-corrected chi connectivity index (χ3v) is 3.96. The van der Waals surface area contributed by atoms with Crippen molar-refractivity contribution in [2.75, 3.05) is 14.2 Å². The van der Waals surface area contributed by atoms with Gasteiger partial charge in [0.15, 0.2) is 17.8 Å². The number of carbonyl (C=O) groups is 1. The summed E-state index contributed by atoms with van der Waals surface area (Å²) in [6.07, 6.45) is 6.07. The second-order valence-corrected chi connectivity index (χ2v) is 5.13. The van der Waals surface area contributed by atoms with Crippen LogP contribution >= 0.6 is 0 Å². The van der Waals surface area contributed by atoms with Crippen LogP contribution in [-0.4, -0.2) is 20.5 Å². The number of methoxy groups -OCH3 is 2. The van der Waals surface area contributed by atoms with Crippen molar-refractivity contribution in [2.45, 2.75) is 37.6 Å². The van der Waals surface area contributed by atoms with Crippen molar-refractivity contribution in [1.82, 2.24) is 0 Å². The Labute approximate surface area is 113 Å². The molecule has 2 N–H and O–H groups in total. The number of benzene rings is 1. The highest BCUT2D eigenvalue weighted by atomic mass is 16.5. The summed E-state index contributed by atoms with van der Waals surface area (Å²) in [4.78, 5) is 11.3. The molecular formula is C15H21NO3. The van der Waals surface area contributed by atoms with Crippen molar-refractivity contribution in [3.8, 4) is 11.5 Å². The van der Waals surface area contributed by atoms with Crippen LogP contribution in [0.15, 0.2) is 12.1 Å². The summed E-state index contributed by atoms with van der Waals surface area (Å²) < 4.78 is 10.5. The Hall–Kier alpha value is -1.55. The first kappa shape index (κ1) is 13.9. The second kappa shape index (κ2) is 5.61. The number of hydrogen-bond acceptors (Lipinski definition) is 4. The molecule has 4 heteroatoms. The molecule has 0 bridgehead atoms. The van der Waals surface area contributed by atoms with Gasteiger partial charge in [0.1, 0.15) is 0 Å². The van der Waals surface area contributed by atoms with E-state index in [2.05, 4.69) is 0 Å². The van der Waals surface area contributed by atoms with Crippen LogP contribution in [0.2, 0.25) is 0 Å². The van der Waals surface area contributed by atoms with E-state index in [1.165, 1.54) is 6.42 Å². The van der Waals surface area contributed by atoms with Crippen LogP contribution in [0.1, 0.15) is 48.0 Å². The molecule has 0 atom stereocenters. The molecule has 1 aliphatic rings. The zero-order valence-corrected chi connectivity index (χ0v) is 11.6. The fraction of sp³-hybridized carbons (Fsp3) is 0.533. The van der Waals surface area contributed by atoms with E-state index in [-0.39, 0.29) is 0 Å². The molecule has 1 aliphatic carbocycles. The van der Waals surface area contributed by atoms with E-state index in [0.29, 0.717) is 17.1 Å². The standard InChI is InChI=1S/C15H21NO3/c1-18-13-8-11(10-17)12(9-14(13)19-2)15(16)6-4-3-5-7-15/h8-10H,3-7,16H2,1-2H3. The SMILES string of the molecule is COc1cc(C=O)c(C2(N)CCCCC2)cc1OC. The van der Waals surface area contributed by atoms with Crippen LogP contribution in [0.4, 0.5) is 0 Å². The molecular weight excluding hydrogens is 242 g/mol. The lowest BCUT2D eigenvalue weighted by Crippen LogP contribution is -2.39. The predicted molar refractivity (Wildman–Crippen MR) is 73.9 cm³/mol. The van der Waals surface area contributed by atoms with Crippen molar-refractivity contribution < 1.29 is 14.3 Å². The third kappa shape index (κ3) is 2.59. The van der Waals surface area contributed by atoms with Gasteiger partial charge in [-0.3, -0.25) is 4.79 Å². The van der Waals surface area contributed by atoms with Gasteiger partial charge in [-0.1, -0.05) is 19.3 Å². The Morgan fingerprint density at radius 1 is 1.11 bits per heavy atom. The highest BCUT2D eigenvalue weighted by Crippen LogP contribution is 2.40. The van der Waals surface area contributed by atoms with Crippen LogP contribution in [0.5, 0.6) is 11.5 Å². The number of ether oxygens (including phenoxy) is 2. The first-order valence-corrected chi connectivity index (χ1v) is 6.65. The minimum Gasteiger partial charge on any atom is -0.493 e. The molecule has 0 heterocycles. The molecule has 1 aromatic carbocycles. The lowest BCUT2D eigenvalue weighted by Gasteiger charge is -2.35. The van der Waals surface area contributed by atoms with Crippen LogP contribution in [-0.2, 0) is 5.54 Å². The molecule has 1 saturated carbocycles. The average molecular weight is 263 g/mol. The number of aldehydes is 1. The Balaban J connectivity index is 2.51. The summed E-state index contributed by atoms with van der Waals surface area (Å²) in [5.74, 6) is 1.19. The molecule has 0 spiro atoms. The van der Waals surface area contributed by atoms with E-state index in [4.69, 9.17) is 15.2 Å². The average Bonchev–Trinajstić information content (AvgIpc) is 2.46. The Kier molecular flexibility index (Phi) is 4.10. The molecule has 0 aromatic heterocycles. The van der Waals surface area contributed by atoms with Gasteiger partial charge >= 0.3 is 0 Å². The minimum atomic E-state index is -0.423. The van der Waals surface area contributed by atoms with Crippen molar-refractivity contribution in [3.63, 3.8) is 0 Å². The molecule has 0 radical (unpaired) electrons. The van der Waals surface area contributed by atoms with Crippen molar-refractivity contribution in [1.29, 1.82) is 0 Å². The summed E-state index contributed by atoms with van der Waals surface area (Å²) in [5, 5.41) is 0. The first-order chi connectivity index (χ1) is 9.14. The molecule has 0 aliphatic heterocycles. The topological polar surface area (TPSA) is 61.5 Å². The molecule has 0 unspecified atom stereocenters. The quantitative estimate of drug-likeness (QED) is 0.848. The first-order valence-electron chi connectivity index (χ1n) is 6.65. The zero-order valence-electron chi connectivity index (χ0n) is 11.6. The summed E-state index contributed by atoms with van der Waals surface area (Å²) in [6.45, 7) is 0. The fourth-order valence-corrected chi connectivity index (χ4v) is 2.88. The van der Waals surface area contributed by atoms with Gasteiger partial charge in [-0.2, -0.15) is 0 Å². The highest BCUT2D eigenvalue weighted by molar-refractivity contribution is 5.80. The smallest absolute Gasteiger partial charge is 0.161 e. The van der Waals surface area contributed by atoms with E-state index in [1.807, 2.05) is 6.07 Å². The van der Waals surface area contributed by atoms with E-state index in [1.54, 1.807) is 20.3 Å². The fourth-order valence-electron chi connectivity index (χ4n) is 2.88. The Morgan fingerprint density at radius 2 is 1.68 bits per heavy atom. The largest absolute Gasteiger partial charge is 0.493 e. The van der Waals surface area contributed by atoms with Crippen LogP contribution < -0.4 is 15.2 Å². The summed E-state index contributed by atoms with van der Waals surface area (Å²) in [7, 11) is 3.15. The maximum absolute atomic E-state index is 11.3. The lowest BCUT2D eigenvalue weighted by molar-refractivity contribution is 0.111. The Bertz CT molecular complexity index is 465. The molecule has 1 aromatic rings. The number of nitrogens with two attached hydrogens (primary N) is 1. The van der Waals surface area contributed by atoms with Gasteiger partial charge in [0.05, 0.1) is 14.2 Å². The van der Waals surface area contributed by atoms with E-state index in [9.17, 15) is 4.79 Å². The predicted octanol–water partition coefficient (Wildman–Crippen LogP) is 2.63. The maximum Gasteiger partial charge on any atom is 0.161 e. The Morgan fingerprint density at radius 3 is 2.21 bits per heavy atom. The van der Waals surface area contributed by atoms with Crippen LogP contribution in [0, 0.1) is 0 Å². The van der Waals surface area contributed by atoms with Gasteiger partial charge in [0, 0.05) is 11.1 Å². The zero-order chi connectivity index (χ0) is 13.9. The maximum atomic E-state index is 11.3. The number of carbonyl (C=O) groups excluding carboxylic acids is 1. The summed E-state index contributed by atoms with van der Waals surface area (Å²) >= 11 is 0. The van der Waals surface area contributed by atoms with Gasteiger partial charge < -0.3 is 15.2 Å². The van der Waals surface area contributed by atoms with E-state index in [0.717, 1.165) is 37.5 Å². The third-order valence-electron chi connectivity index (χ3n) is 3.96. The van der Waals surface area contributed by atoms with Gasteiger partial charge in [-0.05, 0) is 30.5 Å². The van der Waals surface area contributed by atoms with Crippen LogP contribution in [0.25, 0.3) is 0 Å². The van der Waals surface area contributed by atoms with Crippen molar-refractivity contribution in [3.05, 3.63) is 23.3 Å². The monoisotopic (exact) mass is 263 g/mol. The molecule has 2 rings (SSSR count). The second-order valence-electron chi connectivity index (χ2n) is 5.13. The summed E-state index contributed by atoms with van der Waals surface area (Å²) in [5.41, 5.74) is 7.57. The summed E-state index contributed by atoms with van der Waals surface area (Å²) in [6, 6.07) is 3.57. The molecule has 1 fully saturated rings. The lowest BCUT2D eigenvalue weighted by atomic mass is 9.76. The van der Waals surface area contributed by atoms with Crippen molar-refractivity contribution >= 4 is 6.29 Å². The normalized spacial score (nSPS) is 17.8. The van der Waals surface area contributed by atoms with E-state index < -0.39 is 5.54 Å². The number of rotatable bonds is 4. The van der Waals surface area contributed by atoms with Crippen LogP contribution in [0.3, 0.4) is 0 Å². The van der Waals surface area contributed by atoms with Gasteiger partial charge in [-0.25, -0.2) is 0 Å². The van der Waals surface area contributed by atoms with Crippen molar-refractivity contribution in [2.24, 2.45) is 5.73 Å². The van der Waals surface area contributed by atoms with Gasteiger partial charge in [-0.15, -0.1) is 0 Å². The highest BCUT2D eigenvalue weighted by Gasteiger charge is 2.32. The number of hydrogen-bond donors (Lipinski definition) is 1. The molecule has 104 valence electrons. The van der Waals surface area contributed by atoms with E-state index >= 15 is 0 Å². The molecule has 19 heavy (non-hydrogen) atoms. The van der Waals surface area contributed by atoms with Gasteiger partial charge in [0.2, 0.25) is 0 Å². The minimum absolute atomic E-state index is 0.423. The molecule has 0 amide bonds. The molecule has 0 saturated heterocycles. The molecule has 4 nitrogen and oxygen atoms in total.